The van der Waals surface area contributed by atoms with E-state index in [9.17, 15) is 9.59 Å². The second kappa shape index (κ2) is 9.16. The Bertz CT molecular complexity index is 1060. The van der Waals surface area contributed by atoms with Crippen LogP contribution >= 0.6 is 0 Å². The SMILES string of the molecule is Cc1nn(-c2ccccc2)c(C)c1CC(=O)Nc1cnn(CC(=O)NC2CCCC2)c1. The highest BCUT2D eigenvalue weighted by molar-refractivity contribution is 5.92. The van der Waals surface area contributed by atoms with Gasteiger partial charge in [0.05, 0.1) is 29.7 Å². The molecule has 0 saturated heterocycles. The zero-order chi connectivity index (χ0) is 21.8. The van der Waals surface area contributed by atoms with Crippen LogP contribution in [0.1, 0.15) is 42.6 Å². The van der Waals surface area contributed by atoms with Crippen LogP contribution in [-0.2, 0) is 22.6 Å². The second-order valence-corrected chi connectivity index (χ2v) is 8.10. The summed E-state index contributed by atoms with van der Waals surface area (Å²) in [4.78, 5) is 24.8. The first kappa shape index (κ1) is 20.8. The van der Waals surface area contributed by atoms with E-state index < -0.39 is 0 Å². The molecule has 2 aromatic heterocycles. The van der Waals surface area contributed by atoms with Crippen LogP contribution in [0.4, 0.5) is 5.69 Å². The van der Waals surface area contributed by atoms with Crippen molar-refractivity contribution >= 4 is 17.5 Å². The summed E-state index contributed by atoms with van der Waals surface area (Å²) in [5.41, 5.74) is 4.22. The highest BCUT2D eigenvalue weighted by atomic mass is 16.2. The molecule has 4 rings (SSSR count). The molecule has 2 heterocycles. The summed E-state index contributed by atoms with van der Waals surface area (Å²) in [6, 6.07) is 10.1. The Labute approximate surface area is 181 Å². The standard InChI is InChI=1S/C23H28N6O2/c1-16-21(17(2)29(27-16)20-10-4-3-5-11-20)12-22(30)26-19-13-24-28(14-19)15-23(31)25-18-8-6-7-9-18/h3-5,10-11,13-14,18H,6-9,12,15H2,1-2H3,(H,25,31)(H,26,30). The molecule has 2 amide bonds. The predicted octanol–water partition coefficient (Wildman–Crippen LogP) is 2.93. The minimum atomic E-state index is -0.145. The number of nitrogens with zero attached hydrogens (tertiary/aromatic N) is 4. The van der Waals surface area contributed by atoms with Gasteiger partial charge < -0.3 is 10.6 Å². The lowest BCUT2D eigenvalue weighted by Crippen LogP contribution is -2.35. The maximum absolute atomic E-state index is 12.6. The molecule has 0 bridgehead atoms. The van der Waals surface area contributed by atoms with E-state index in [1.54, 1.807) is 17.1 Å². The number of nitrogens with one attached hydrogen (secondary N) is 2. The number of aromatic nitrogens is 4. The first-order valence-electron chi connectivity index (χ1n) is 10.7. The zero-order valence-electron chi connectivity index (χ0n) is 18.0. The van der Waals surface area contributed by atoms with Gasteiger partial charge in [-0.2, -0.15) is 10.2 Å². The third-order valence-electron chi connectivity index (χ3n) is 5.72. The molecule has 0 atom stereocenters. The number of carbonyl (C=O) groups excluding carboxylic acids is 2. The molecule has 162 valence electrons. The highest BCUT2D eigenvalue weighted by Crippen LogP contribution is 2.19. The van der Waals surface area contributed by atoms with Gasteiger partial charge in [-0.15, -0.1) is 0 Å². The van der Waals surface area contributed by atoms with Gasteiger partial charge in [0.25, 0.3) is 0 Å². The molecule has 1 aromatic carbocycles. The Hall–Kier alpha value is -3.42. The van der Waals surface area contributed by atoms with Crippen LogP contribution in [0.3, 0.4) is 0 Å². The van der Waals surface area contributed by atoms with Gasteiger partial charge in [-0.1, -0.05) is 31.0 Å². The molecule has 8 heteroatoms. The number of anilines is 1. The molecule has 2 N–H and O–H groups in total. The Balaban J connectivity index is 1.35. The van der Waals surface area contributed by atoms with E-state index in [2.05, 4.69) is 20.8 Å². The predicted molar refractivity (Wildman–Crippen MR) is 118 cm³/mol. The monoisotopic (exact) mass is 420 g/mol. The second-order valence-electron chi connectivity index (χ2n) is 8.10. The summed E-state index contributed by atoms with van der Waals surface area (Å²) in [5.74, 6) is -0.193. The molecule has 31 heavy (non-hydrogen) atoms. The maximum atomic E-state index is 12.6. The van der Waals surface area contributed by atoms with Crippen LogP contribution in [0.25, 0.3) is 5.69 Å². The first-order valence-corrected chi connectivity index (χ1v) is 10.7. The van der Waals surface area contributed by atoms with Crippen molar-refractivity contribution in [3.63, 3.8) is 0 Å². The molecule has 8 nitrogen and oxygen atoms in total. The summed E-state index contributed by atoms with van der Waals surface area (Å²) in [5, 5.41) is 14.7. The zero-order valence-corrected chi connectivity index (χ0v) is 18.0. The molecule has 0 radical (unpaired) electrons. The molecule has 1 aliphatic rings. The first-order chi connectivity index (χ1) is 15.0. The van der Waals surface area contributed by atoms with Crippen LogP contribution in [0.15, 0.2) is 42.7 Å². The molecule has 0 spiro atoms. The summed E-state index contributed by atoms with van der Waals surface area (Å²) in [7, 11) is 0. The Kier molecular flexibility index (Phi) is 6.16. The van der Waals surface area contributed by atoms with E-state index in [0.29, 0.717) is 5.69 Å². The van der Waals surface area contributed by atoms with Gasteiger partial charge in [-0.25, -0.2) is 4.68 Å². The summed E-state index contributed by atoms with van der Waals surface area (Å²) in [6.45, 7) is 4.03. The van der Waals surface area contributed by atoms with Crippen LogP contribution in [0, 0.1) is 13.8 Å². The number of amides is 2. The van der Waals surface area contributed by atoms with Crippen molar-refractivity contribution in [2.24, 2.45) is 0 Å². The molecule has 1 aliphatic carbocycles. The molecule has 1 fully saturated rings. The molecular formula is C23H28N6O2. The molecule has 1 saturated carbocycles. The van der Waals surface area contributed by atoms with Crippen molar-refractivity contribution < 1.29 is 9.59 Å². The minimum absolute atomic E-state index is 0.0487. The Morgan fingerprint density at radius 3 is 2.58 bits per heavy atom. The van der Waals surface area contributed by atoms with E-state index in [1.807, 2.05) is 48.9 Å². The molecular weight excluding hydrogens is 392 g/mol. The fourth-order valence-corrected chi connectivity index (χ4v) is 4.12. The highest BCUT2D eigenvalue weighted by Gasteiger charge is 2.18. The normalized spacial score (nSPS) is 14.0. The maximum Gasteiger partial charge on any atom is 0.241 e. The Morgan fingerprint density at radius 2 is 1.84 bits per heavy atom. The molecule has 0 aliphatic heterocycles. The largest absolute Gasteiger partial charge is 0.352 e. The summed E-state index contributed by atoms with van der Waals surface area (Å²) >= 11 is 0. The lowest BCUT2D eigenvalue weighted by Gasteiger charge is -2.11. The van der Waals surface area contributed by atoms with E-state index in [-0.39, 0.29) is 30.8 Å². The lowest BCUT2D eigenvalue weighted by molar-refractivity contribution is -0.122. The van der Waals surface area contributed by atoms with Crippen LogP contribution < -0.4 is 10.6 Å². The smallest absolute Gasteiger partial charge is 0.241 e. The molecule has 3 aromatic rings. The van der Waals surface area contributed by atoms with Crippen LogP contribution in [0.5, 0.6) is 0 Å². The van der Waals surface area contributed by atoms with Crippen molar-refractivity contribution in [3.05, 3.63) is 59.7 Å². The Morgan fingerprint density at radius 1 is 1.10 bits per heavy atom. The van der Waals surface area contributed by atoms with E-state index in [1.165, 1.54) is 12.8 Å². The fourth-order valence-electron chi connectivity index (χ4n) is 4.12. The topological polar surface area (TPSA) is 93.8 Å². The van der Waals surface area contributed by atoms with Crippen LogP contribution in [-0.4, -0.2) is 37.4 Å². The van der Waals surface area contributed by atoms with Gasteiger partial charge >= 0.3 is 0 Å². The van der Waals surface area contributed by atoms with Gasteiger partial charge in [0.2, 0.25) is 11.8 Å². The number of benzene rings is 1. The van der Waals surface area contributed by atoms with Gasteiger partial charge in [0.15, 0.2) is 0 Å². The fraction of sp³-hybridized carbons (Fsp3) is 0.391. The van der Waals surface area contributed by atoms with Crippen molar-refractivity contribution in [2.45, 2.75) is 58.5 Å². The van der Waals surface area contributed by atoms with Crippen molar-refractivity contribution in [1.29, 1.82) is 0 Å². The number of hydrogen-bond acceptors (Lipinski definition) is 4. The van der Waals surface area contributed by atoms with Crippen molar-refractivity contribution in [3.8, 4) is 5.69 Å². The summed E-state index contributed by atoms with van der Waals surface area (Å²) in [6.07, 6.45) is 7.90. The van der Waals surface area contributed by atoms with E-state index in [4.69, 9.17) is 0 Å². The number of aryl methyl sites for hydroxylation is 1. The lowest BCUT2D eigenvalue weighted by atomic mass is 10.1. The average molecular weight is 421 g/mol. The summed E-state index contributed by atoms with van der Waals surface area (Å²) < 4.78 is 3.41. The van der Waals surface area contributed by atoms with E-state index in [0.717, 1.165) is 35.5 Å². The van der Waals surface area contributed by atoms with Crippen molar-refractivity contribution in [2.75, 3.05) is 5.32 Å². The van der Waals surface area contributed by atoms with E-state index >= 15 is 0 Å². The minimum Gasteiger partial charge on any atom is -0.352 e. The quantitative estimate of drug-likeness (QED) is 0.615. The van der Waals surface area contributed by atoms with Gasteiger partial charge in [-0.05, 0) is 38.8 Å². The number of carbonyl (C=O) groups is 2. The third kappa shape index (κ3) is 5.02. The van der Waals surface area contributed by atoms with Gasteiger partial charge in [-0.3, -0.25) is 14.3 Å². The number of hydrogen-bond donors (Lipinski definition) is 2. The van der Waals surface area contributed by atoms with Crippen LogP contribution in [0.2, 0.25) is 0 Å². The van der Waals surface area contributed by atoms with Crippen molar-refractivity contribution in [1.82, 2.24) is 24.9 Å². The average Bonchev–Trinajstić information content (AvgIpc) is 3.47. The number of rotatable bonds is 7. The molecule has 0 unspecified atom stereocenters. The third-order valence-corrected chi connectivity index (χ3v) is 5.72. The number of para-hydroxylation sites is 1. The van der Waals surface area contributed by atoms with Gasteiger partial charge in [0.1, 0.15) is 6.54 Å². The van der Waals surface area contributed by atoms with Gasteiger partial charge in [0, 0.05) is 23.5 Å².